The third-order valence-corrected chi connectivity index (χ3v) is 4.26. The molecule has 0 saturated heterocycles. The van der Waals surface area contributed by atoms with E-state index >= 15 is 0 Å². The number of nitrogens with zero attached hydrogens (tertiary/aromatic N) is 1. The van der Waals surface area contributed by atoms with Crippen LogP contribution in [0.5, 0.6) is 0 Å². The van der Waals surface area contributed by atoms with Crippen LogP contribution in [0.2, 0.25) is 0 Å². The number of amides is 1. The molecule has 0 spiro atoms. The summed E-state index contributed by atoms with van der Waals surface area (Å²) in [6, 6.07) is 12.4. The molecule has 1 aromatic carbocycles. The van der Waals surface area contributed by atoms with E-state index in [0.717, 1.165) is 25.1 Å². The van der Waals surface area contributed by atoms with Crippen molar-refractivity contribution in [2.45, 2.75) is 39.2 Å². The summed E-state index contributed by atoms with van der Waals surface area (Å²) >= 11 is 0. The van der Waals surface area contributed by atoms with Crippen LogP contribution in [0.3, 0.4) is 0 Å². The lowest BCUT2D eigenvalue weighted by Crippen LogP contribution is -2.43. The molecular weight excluding hydrogens is 467 g/mol. The summed E-state index contributed by atoms with van der Waals surface area (Å²) in [6.07, 6.45) is 3.59. The van der Waals surface area contributed by atoms with Crippen LogP contribution >= 0.6 is 24.0 Å². The molecule has 0 fully saturated rings. The van der Waals surface area contributed by atoms with E-state index in [1.807, 2.05) is 6.07 Å². The molecule has 154 valence electrons. The van der Waals surface area contributed by atoms with Gasteiger partial charge in [-0.15, -0.1) is 24.0 Å². The van der Waals surface area contributed by atoms with Gasteiger partial charge < -0.3 is 20.4 Å². The first-order valence-electron chi connectivity index (χ1n) is 9.41. The molecule has 28 heavy (non-hydrogen) atoms. The average molecular weight is 498 g/mol. The molecule has 1 amide bonds. The molecule has 0 unspecified atom stereocenters. The van der Waals surface area contributed by atoms with Gasteiger partial charge in [-0.05, 0) is 42.0 Å². The van der Waals surface area contributed by atoms with E-state index in [4.69, 9.17) is 4.42 Å². The highest BCUT2D eigenvalue weighted by molar-refractivity contribution is 14.0. The lowest BCUT2D eigenvalue weighted by Gasteiger charge is -2.12. The number of benzene rings is 1. The second-order valence-electron chi connectivity index (χ2n) is 6.71. The smallest absolute Gasteiger partial charge is 0.239 e. The summed E-state index contributed by atoms with van der Waals surface area (Å²) in [6.45, 7) is 5.75. The highest BCUT2D eigenvalue weighted by Gasteiger charge is 2.05. The minimum Gasteiger partial charge on any atom is -0.467 e. The van der Waals surface area contributed by atoms with Gasteiger partial charge in [0.25, 0.3) is 0 Å². The minimum absolute atomic E-state index is 0. The Balaban J connectivity index is 0.00000392. The van der Waals surface area contributed by atoms with Crippen molar-refractivity contribution in [3.05, 3.63) is 59.5 Å². The zero-order valence-electron chi connectivity index (χ0n) is 16.8. The Kier molecular flexibility index (Phi) is 11.3. The predicted octanol–water partition coefficient (Wildman–Crippen LogP) is 3.44. The fraction of sp³-hybridized carbons (Fsp3) is 0.429. The molecule has 0 radical (unpaired) electrons. The van der Waals surface area contributed by atoms with Crippen LogP contribution in [0, 0.1) is 0 Å². The lowest BCUT2D eigenvalue weighted by atomic mass is 10.0. The first kappa shape index (κ1) is 24.0. The molecule has 1 aromatic heterocycles. The molecule has 0 bridgehead atoms. The molecule has 0 aliphatic heterocycles. The van der Waals surface area contributed by atoms with Crippen molar-refractivity contribution < 1.29 is 9.21 Å². The minimum atomic E-state index is -0.111. The summed E-state index contributed by atoms with van der Waals surface area (Å²) in [5.74, 6) is 1.80. The normalized spacial score (nSPS) is 11.1. The molecular formula is C21H31IN4O2. The number of nitrogens with one attached hydrogen (secondary N) is 3. The van der Waals surface area contributed by atoms with Crippen molar-refractivity contribution in [3.8, 4) is 0 Å². The molecule has 1 heterocycles. The van der Waals surface area contributed by atoms with Crippen LogP contribution < -0.4 is 16.0 Å². The monoisotopic (exact) mass is 498 g/mol. The third-order valence-electron chi connectivity index (χ3n) is 4.26. The van der Waals surface area contributed by atoms with Gasteiger partial charge >= 0.3 is 0 Å². The van der Waals surface area contributed by atoms with Gasteiger partial charge in [-0.25, -0.2) is 0 Å². The fourth-order valence-corrected chi connectivity index (χ4v) is 2.61. The topological polar surface area (TPSA) is 78.7 Å². The van der Waals surface area contributed by atoms with Gasteiger partial charge in [0.1, 0.15) is 5.76 Å². The SMILES string of the molecule is CN=C(NCCCc1ccc(C(C)C)cc1)NCC(=O)NCc1ccco1.I. The van der Waals surface area contributed by atoms with Crippen molar-refractivity contribution in [1.29, 1.82) is 0 Å². The average Bonchev–Trinajstić information content (AvgIpc) is 3.19. The number of hydrogen-bond donors (Lipinski definition) is 3. The van der Waals surface area contributed by atoms with E-state index in [1.54, 1.807) is 19.4 Å². The van der Waals surface area contributed by atoms with E-state index in [0.29, 0.717) is 18.4 Å². The maximum absolute atomic E-state index is 11.9. The summed E-state index contributed by atoms with van der Waals surface area (Å²) < 4.78 is 5.18. The van der Waals surface area contributed by atoms with Gasteiger partial charge in [0.05, 0.1) is 19.4 Å². The largest absolute Gasteiger partial charge is 0.467 e. The van der Waals surface area contributed by atoms with Crippen molar-refractivity contribution in [2.24, 2.45) is 4.99 Å². The summed E-state index contributed by atoms with van der Waals surface area (Å²) in [5, 5.41) is 9.04. The van der Waals surface area contributed by atoms with Crippen LogP contribution in [0.15, 0.2) is 52.1 Å². The molecule has 0 aliphatic rings. The van der Waals surface area contributed by atoms with Crippen LogP contribution in [-0.4, -0.2) is 32.0 Å². The maximum atomic E-state index is 11.9. The number of furan rings is 1. The quantitative estimate of drug-likeness (QED) is 0.214. The van der Waals surface area contributed by atoms with Crippen molar-refractivity contribution in [1.82, 2.24) is 16.0 Å². The first-order valence-corrected chi connectivity index (χ1v) is 9.41. The highest BCUT2D eigenvalue weighted by Crippen LogP contribution is 2.15. The molecule has 2 rings (SSSR count). The van der Waals surface area contributed by atoms with E-state index in [2.05, 4.69) is 59.1 Å². The molecule has 0 aliphatic carbocycles. The predicted molar refractivity (Wildman–Crippen MR) is 124 cm³/mol. The van der Waals surface area contributed by atoms with Gasteiger partial charge in [-0.1, -0.05) is 38.1 Å². The Hall–Kier alpha value is -2.03. The highest BCUT2D eigenvalue weighted by atomic mass is 127. The van der Waals surface area contributed by atoms with Crippen LogP contribution in [0.25, 0.3) is 0 Å². The number of aliphatic imine (C=N–C) groups is 1. The Morgan fingerprint density at radius 1 is 1.11 bits per heavy atom. The van der Waals surface area contributed by atoms with Gasteiger partial charge in [0, 0.05) is 13.6 Å². The maximum Gasteiger partial charge on any atom is 0.239 e. The van der Waals surface area contributed by atoms with E-state index in [9.17, 15) is 4.79 Å². The van der Waals surface area contributed by atoms with Crippen LogP contribution in [-0.2, 0) is 17.8 Å². The Bertz CT molecular complexity index is 713. The third kappa shape index (κ3) is 8.77. The van der Waals surface area contributed by atoms with Gasteiger partial charge in [-0.2, -0.15) is 0 Å². The Labute approximate surface area is 184 Å². The first-order chi connectivity index (χ1) is 13.1. The number of aryl methyl sites for hydroxylation is 1. The van der Waals surface area contributed by atoms with Crippen molar-refractivity contribution in [2.75, 3.05) is 20.1 Å². The number of rotatable bonds is 9. The van der Waals surface area contributed by atoms with E-state index in [-0.39, 0.29) is 36.4 Å². The molecule has 3 N–H and O–H groups in total. The zero-order chi connectivity index (χ0) is 19.5. The van der Waals surface area contributed by atoms with E-state index in [1.165, 1.54) is 11.1 Å². The van der Waals surface area contributed by atoms with Gasteiger partial charge in [-0.3, -0.25) is 9.79 Å². The summed E-state index contributed by atoms with van der Waals surface area (Å²) in [7, 11) is 1.70. The van der Waals surface area contributed by atoms with E-state index < -0.39 is 0 Å². The number of hydrogen-bond acceptors (Lipinski definition) is 3. The van der Waals surface area contributed by atoms with Gasteiger partial charge in [0.15, 0.2) is 5.96 Å². The molecule has 0 atom stereocenters. The molecule has 0 saturated carbocycles. The van der Waals surface area contributed by atoms with Gasteiger partial charge in [0.2, 0.25) is 5.91 Å². The fourth-order valence-electron chi connectivity index (χ4n) is 2.61. The second kappa shape index (κ2) is 13.2. The second-order valence-corrected chi connectivity index (χ2v) is 6.71. The van der Waals surface area contributed by atoms with Crippen LogP contribution in [0.1, 0.15) is 43.1 Å². The zero-order valence-corrected chi connectivity index (χ0v) is 19.2. The van der Waals surface area contributed by atoms with Crippen molar-refractivity contribution >= 4 is 35.8 Å². The number of halogens is 1. The molecule has 2 aromatic rings. The standard InChI is InChI=1S/C21H30N4O2.HI/c1-16(2)18-10-8-17(9-11-18)6-4-12-23-21(22-3)25-15-20(26)24-14-19-7-5-13-27-19;/h5,7-11,13,16H,4,6,12,14-15H2,1-3H3,(H,24,26)(H2,22,23,25);1H. The number of guanidine groups is 1. The summed E-state index contributed by atoms with van der Waals surface area (Å²) in [4.78, 5) is 16.0. The summed E-state index contributed by atoms with van der Waals surface area (Å²) in [5.41, 5.74) is 2.70. The number of carbonyl (C=O) groups excluding carboxylic acids is 1. The molecule has 7 heteroatoms. The molecule has 6 nitrogen and oxygen atoms in total. The van der Waals surface area contributed by atoms with Crippen molar-refractivity contribution in [3.63, 3.8) is 0 Å². The number of carbonyl (C=O) groups is 1. The Morgan fingerprint density at radius 3 is 2.46 bits per heavy atom. The van der Waals surface area contributed by atoms with Crippen LogP contribution in [0.4, 0.5) is 0 Å². The Morgan fingerprint density at radius 2 is 1.86 bits per heavy atom. The lowest BCUT2D eigenvalue weighted by molar-refractivity contribution is -0.120.